The molecule has 21 heavy (non-hydrogen) atoms. The summed E-state index contributed by atoms with van der Waals surface area (Å²) in [5.41, 5.74) is 0.157. The maximum atomic E-state index is 11.5. The third kappa shape index (κ3) is 3.46. The van der Waals surface area contributed by atoms with Crippen LogP contribution in [-0.4, -0.2) is 45.0 Å². The maximum absolute atomic E-state index is 11.5. The summed E-state index contributed by atoms with van der Waals surface area (Å²) in [6.07, 6.45) is -1.16. The van der Waals surface area contributed by atoms with Crippen molar-refractivity contribution in [3.05, 3.63) is 35.9 Å². The molecule has 1 aromatic rings. The van der Waals surface area contributed by atoms with Crippen molar-refractivity contribution in [3.63, 3.8) is 0 Å². The fourth-order valence-corrected chi connectivity index (χ4v) is 2.41. The lowest BCUT2D eigenvalue weighted by atomic mass is 10.2. The Labute approximate surface area is 118 Å². The number of benzene rings is 1. The number of nitrogens with zero attached hydrogens (tertiary/aromatic N) is 1. The van der Waals surface area contributed by atoms with Gasteiger partial charge in [0.05, 0.1) is 12.1 Å². The first-order valence-electron chi connectivity index (χ1n) is 5.74. The zero-order valence-electron chi connectivity index (χ0n) is 10.5. The van der Waals surface area contributed by atoms with Crippen LogP contribution in [0.25, 0.3) is 0 Å². The molecule has 1 fully saturated rings. The van der Waals surface area contributed by atoms with Crippen LogP contribution in [0.15, 0.2) is 30.3 Å². The lowest BCUT2D eigenvalue weighted by Crippen LogP contribution is -2.62. The van der Waals surface area contributed by atoms with E-state index in [1.807, 2.05) is 0 Å². The molecule has 0 aliphatic carbocycles. The molecule has 2 rings (SSSR count). The van der Waals surface area contributed by atoms with Gasteiger partial charge in [-0.25, -0.2) is 18.8 Å². The second-order valence-electron chi connectivity index (χ2n) is 4.17. The van der Waals surface area contributed by atoms with E-state index in [-0.39, 0.29) is 12.1 Å². The van der Waals surface area contributed by atoms with E-state index in [1.165, 1.54) is 12.1 Å². The maximum Gasteiger partial charge on any atom is 0.432 e. The lowest BCUT2D eigenvalue weighted by molar-refractivity contribution is -0.137. The Morgan fingerprint density at radius 3 is 2.43 bits per heavy atom. The number of rotatable bonds is 3. The minimum absolute atomic E-state index is 0.157. The second-order valence-corrected chi connectivity index (χ2v) is 5.68. The molecule has 0 radical (unpaired) electrons. The number of β-lactam (4-membered cyclic amide) rings is 1. The zero-order valence-corrected chi connectivity index (χ0v) is 11.4. The highest BCUT2D eigenvalue weighted by atomic mass is 31.2. The number of esters is 1. The van der Waals surface area contributed by atoms with E-state index in [9.17, 15) is 18.9 Å². The Kier molecular flexibility index (Phi) is 4.08. The quantitative estimate of drug-likeness (QED) is 0.306. The molecule has 1 saturated heterocycles. The SMILES string of the molecule is O=C(N[C@H]1CN(P(=O)(O)O)C1=O)OC(=O)c1ccccc1. The lowest BCUT2D eigenvalue weighted by Gasteiger charge is -2.37. The minimum atomic E-state index is -4.66. The molecule has 0 unspecified atom stereocenters. The van der Waals surface area contributed by atoms with Gasteiger partial charge in [0.2, 0.25) is 0 Å². The third-order valence-corrected chi connectivity index (χ3v) is 3.70. The fourth-order valence-electron chi connectivity index (χ4n) is 1.64. The van der Waals surface area contributed by atoms with Gasteiger partial charge in [-0.2, -0.15) is 0 Å². The number of amides is 2. The number of nitrogens with one attached hydrogen (secondary N) is 1. The van der Waals surface area contributed by atoms with E-state index in [0.29, 0.717) is 4.67 Å². The van der Waals surface area contributed by atoms with Crippen LogP contribution in [0.2, 0.25) is 0 Å². The van der Waals surface area contributed by atoms with Gasteiger partial charge in [-0.3, -0.25) is 4.79 Å². The van der Waals surface area contributed by atoms with Crippen LogP contribution in [-0.2, 0) is 14.1 Å². The highest BCUT2D eigenvalue weighted by Crippen LogP contribution is 2.44. The van der Waals surface area contributed by atoms with Gasteiger partial charge in [0.25, 0.3) is 5.91 Å². The van der Waals surface area contributed by atoms with Gasteiger partial charge in [-0.1, -0.05) is 18.2 Å². The van der Waals surface area contributed by atoms with Crippen molar-refractivity contribution in [1.29, 1.82) is 0 Å². The molecule has 10 heteroatoms. The van der Waals surface area contributed by atoms with Gasteiger partial charge in [0.15, 0.2) is 0 Å². The van der Waals surface area contributed by atoms with Gasteiger partial charge in [0.1, 0.15) is 6.04 Å². The molecule has 3 N–H and O–H groups in total. The monoisotopic (exact) mass is 314 g/mol. The summed E-state index contributed by atoms with van der Waals surface area (Å²) in [6.45, 7) is -0.349. The molecule has 1 heterocycles. The van der Waals surface area contributed by atoms with Crippen molar-refractivity contribution in [2.24, 2.45) is 0 Å². The molecule has 0 saturated carbocycles. The first kappa shape index (κ1) is 15.2. The van der Waals surface area contributed by atoms with Gasteiger partial charge in [-0.15, -0.1) is 0 Å². The number of carbonyl (C=O) groups excluding carboxylic acids is 3. The van der Waals surface area contributed by atoms with Crippen LogP contribution in [0, 0.1) is 0 Å². The van der Waals surface area contributed by atoms with Gasteiger partial charge in [0, 0.05) is 0 Å². The predicted molar refractivity (Wildman–Crippen MR) is 67.9 cm³/mol. The summed E-state index contributed by atoms with van der Waals surface area (Å²) in [6, 6.07) is 6.62. The molecule has 112 valence electrons. The Morgan fingerprint density at radius 2 is 1.90 bits per heavy atom. The van der Waals surface area contributed by atoms with Crippen molar-refractivity contribution >= 4 is 25.7 Å². The topological polar surface area (TPSA) is 133 Å². The molecule has 1 aromatic carbocycles. The van der Waals surface area contributed by atoms with Gasteiger partial charge >= 0.3 is 19.8 Å². The van der Waals surface area contributed by atoms with E-state index in [0.717, 1.165) is 0 Å². The number of hydrogen-bond donors (Lipinski definition) is 3. The summed E-state index contributed by atoms with van der Waals surface area (Å²) in [5, 5.41) is 2.05. The molecular formula is C11H11N2O7P. The van der Waals surface area contributed by atoms with Crippen LogP contribution in [0.1, 0.15) is 10.4 Å². The summed E-state index contributed by atoms with van der Waals surface area (Å²) < 4.78 is 15.6. The largest absolute Gasteiger partial charge is 0.432 e. The van der Waals surface area contributed by atoms with E-state index in [1.54, 1.807) is 18.2 Å². The summed E-state index contributed by atoms with van der Waals surface area (Å²) >= 11 is 0. The summed E-state index contributed by atoms with van der Waals surface area (Å²) in [4.78, 5) is 51.9. The molecule has 9 nitrogen and oxygen atoms in total. The van der Waals surface area contributed by atoms with E-state index >= 15 is 0 Å². The Morgan fingerprint density at radius 1 is 1.29 bits per heavy atom. The summed E-state index contributed by atoms with van der Waals surface area (Å²) in [5.74, 6) is -1.83. The molecule has 2 amide bonds. The van der Waals surface area contributed by atoms with Crippen LogP contribution in [0.3, 0.4) is 0 Å². The Balaban J connectivity index is 1.86. The molecule has 1 aliphatic heterocycles. The van der Waals surface area contributed by atoms with Crippen molar-refractivity contribution in [1.82, 2.24) is 9.99 Å². The minimum Gasteiger partial charge on any atom is -0.373 e. The van der Waals surface area contributed by atoms with Crippen LogP contribution in [0.5, 0.6) is 0 Å². The molecule has 1 aliphatic rings. The number of ether oxygens (including phenoxy) is 1. The van der Waals surface area contributed by atoms with Gasteiger partial charge in [-0.05, 0) is 12.1 Å². The second kappa shape index (κ2) is 5.65. The van der Waals surface area contributed by atoms with Crippen LogP contribution >= 0.6 is 7.75 Å². The third-order valence-electron chi connectivity index (χ3n) is 2.71. The standard InChI is InChI=1S/C11H11N2O7P/c14-9-8(6-13(9)21(17,18)19)12-11(16)20-10(15)7-4-2-1-3-5-7/h1-5,8H,6H2,(H,12,16)(H2,17,18,19)/t8-/m0/s1. The number of hydrogen-bond acceptors (Lipinski definition) is 5. The highest BCUT2D eigenvalue weighted by Gasteiger charge is 2.47. The fraction of sp³-hybridized carbons (Fsp3) is 0.182. The normalized spacial score (nSPS) is 17.9. The van der Waals surface area contributed by atoms with Crippen molar-refractivity contribution in [2.75, 3.05) is 6.54 Å². The van der Waals surface area contributed by atoms with Crippen LogP contribution < -0.4 is 5.32 Å². The Bertz CT molecular complexity index is 627. The van der Waals surface area contributed by atoms with Crippen molar-refractivity contribution in [2.45, 2.75) is 6.04 Å². The first-order chi connectivity index (χ1) is 9.79. The van der Waals surface area contributed by atoms with E-state index in [4.69, 9.17) is 9.79 Å². The number of carbonyl (C=O) groups is 3. The molecule has 0 aromatic heterocycles. The molecule has 1 atom stereocenters. The van der Waals surface area contributed by atoms with Crippen molar-refractivity contribution in [3.8, 4) is 0 Å². The Hall–Kier alpha value is -2.22. The average Bonchev–Trinajstić information content (AvgIpc) is 2.42. The highest BCUT2D eigenvalue weighted by molar-refractivity contribution is 7.50. The van der Waals surface area contributed by atoms with Crippen LogP contribution in [0.4, 0.5) is 4.79 Å². The van der Waals surface area contributed by atoms with Crippen molar-refractivity contribution < 1.29 is 33.5 Å². The zero-order chi connectivity index (χ0) is 15.6. The molecular weight excluding hydrogens is 303 g/mol. The predicted octanol–water partition coefficient (Wildman–Crippen LogP) is -0.144. The average molecular weight is 314 g/mol. The smallest absolute Gasteiger partial charge is 0.373 e. The van der Waals surface area contributed by atoms with Gasteiger partial charge < -0.3 is 19.8 Å². The first-order valence-corrected chi connectivity index (χ1v) is 7.30. The molecule has 0 bridgehead atoms. The molecule has 0 spiro atoms. The summed E-state index contributed by atoms with van der Waals surface area (Å²) in [7, 11) is -4.66. The van der Waals surface area contributed by atoms with E-state index in [2.05, 4.69) is 10.1 Å². The van der Waals surface area contributed by atoms with E-state index < -0.39 is 31.8 Å². The number of alkyl carbamates (subject to hydrolysis) is 1.